The fourth-order valence-corrected chi connectivity index (χ4v) is 4.60. The van der Waals surface area contributed by atoms with Crippen molar-refractivity contribution in [2.24, 2.45) is 5.92 Å². The Bertz CT molecular complexity index is 1050. The van der Waals surface area contributed by atoms with E-state index in [-0.39, 0.29) is 11.9 Å². The largest absolute Gasteiger partial charge is 0.388 e. The second-order valence-electron chi connectivity index (χ2n) is 8.57. The van der Waals surface area contributed by atoms with Gasteiger partial charge in [0.2, 0.25) is 0 Å². The van der Waals surface area contributed by atoms with Gasteiger partial charge in [-0.3, -0.25) is 4.79 Å². The van der Waals surface area contributed by atoms with Crippen LogP contribution in [0, 0.1) is 5.92 Å². The Hall–Kier alpha value is -2.99. The fourth-order valence-electron chi connectivity index (χ4n) is 4.60. The number of rotatable bonds is 5. The van der Waals surface area contributed by atoms with Gasteiger partial charge in [0.15, 0.2) is 0 Å². The highest BCUT2D eigenvalue weighted by Crippen LogP contribution is 2.44. The molecule has 1 atom stereocenters. The van der Waals surface area contributed by atoms with Gasteiger partial charge in [-0.2, -0.15) is 15.0 Å². The van der Waals surface area contributed by atoms with Crippen molar-refractivity contribution in [1.82, 2.24) is 19.9 Å². The van der Waals surface area contributed by atoms with E-state index in [1.165, 1.54) is 0 Å². The van der Waals surface area contributed by atoms with Crippen LogP contribution in [0.5, 0.6) is 0 Å². The Morgan fingerprint density at radius 3 is 2.38 bits per heavy atom. The van der Waals surface area contributed by atoms with Crippen LogP contribution >= 0.6 is 0 Å². The minimum absolute atomic E-state index is 0.0208. The van der Waals surface area contributed by atoms with Gasteiger partial charge in [0.25, 0.3) is 5.91 Å². The highest BCUT2D eigenvalue weighted by molar-refractivity contribution is 6.04. The van der Waals surface area contributed by atoms with E-state index in [0.717, 1.165) is 40.8 Å². The molecule has 2 aromatic carbocycles. The molecule has 6 heteroatoms. The number of carbonyl (C=O) groups excluding carboxylic acids is 1. The first-order valence-electron chi connectivity index (χ1n) is 10.1. The van der Waals surface area contributed by atoms with Crippen molar-refractivity contribution >= 4 is 5.91 Å². The molecule has 1 aliphatic carbocycles. The molecular weight excluding hydrogens is 364 g/mol. The zero-order chi connectivity index (χ0) is 20.2. The summed E-state index contributed by atoms with van der Waals surface area (Å²) in [5.41, 5.74) is 3.65. The van der Waals surface area contributed by atoms with E-state index in [1.807, 2.05) is 61.2 Å². The van der Waals surface area contributed by atoms with Gasteiger partial charge < -0.3 is 10.0 Å². The molecule has 6 nitrogen and oxygen atoms in total. The van der Waals surface area contributed by atoms with Crippen molar-refractivity contribution in [3.05, 3.63) is 66.0 Å². The second-order valence-corrected chi connectivity index (χ2v) is 8.57. The van der Waals surface area contributed by atoms with Crippen LogP contribution in [-0.4, -0.2) is 42.6 Å². The number of aliphatic hydroxyl groups is 1. The van der Waals surface area contributed by atoms with Crippen LogP contribution in [0.15, 0.2) is 54.9 Å². The van der Waals surface area contributed by atoms with Crippen LogP contribution < -0.4 is 0 Å². The fraction of sp³-hybridized carbons (Fsp3) is 0.348. The van der Waals surface area contributed by atoms with Crippen LogP contribution in [0.3, 0.4) is 0 Å². The number of benzene rings is 2. The standard InChI is InChI=1S/C23H24N4O2/c1-23(2,29)21(16-6-7-16)26-14-17-4-3-5-19(20(17)22(26)28)15-8-10-18(11-9-15)27-24-12-13-25-27/h3-5,8-13,16,21,29H,6-7,14H2,1-2H3/t21-/m1/s1. The van der Waals surface area contributed by atoms with Crippen molar-refractivity contribution in [3.8, 4) is 16.8 Å². The molecule has 1 fully saturated rings. The molecule has 148 valence electrons. The normalized spacial score (nSPS) is 17.5. The zero-order valence-corrected chi connectivity index (χ0v) is 16.6. The molecule has 1 saturated carbocycles. The third-order valence-corrected chi connectivity index (χ3v) is 5.92. The van der Waals surface area contributed by atoms with Gasteiger partial charge in [-0.15, -0.1) is 0 Å². The molecule has 2 heterocycles. The maximum atomic E-state index is 13.5. The van der Waals surface area contributed by atoms with E-state index in [1.54, 1.807) is 17.2 Å². The number of hydrogen-bond donors (Lipinski definition) is 1. The molecule has 1 aromatic heterocycles. The third-order valence-electron chi connectivity index (χ3n) is 5.92. The monoisotopic (exact) mass is 388 g/mol. The molecule has 0 radical (unpaired) electrons. The molecule has 29 heavy (non-hydrogen) atoms. The van der Waals surface area contributed by atoms with Crippen molar-refractivity contribution in [2.45, 2.75) is 44.9 Å². The van der Waals surface area contributed by atoms with E-state index in [4.69, 9.17) is 0 Å². The van der Waals surface area contributed by atoms with Crippen molar-refractivity contribution in [3.63, 3.8) is 0 Å². The summed E-state index contributed by atoms with van der Waals surface area (Å²) in [6.07, 6.45) is 5.43. The molecule has 3 aromatic rings. The van der Waals surface area contributed by atoms with Gasteiger partial charge in [0.05, 0.1) is 35.3 Å². The molecule has 2 aliphatic rings. The number of hydrogen-bond acceptors (Lipinski definition) is 4. The van der Waals surface area contributed by atoms with Crippen molar-refractivity contribution in [2.75, 3.05) is 0 Å². The minimum Gasteiger partial charge on any atom is -0.388 e. The van der Waals surface area contributed by atoms with E-state index in [2.05, 4.69) is 10.2 Å². The lowest BCUT2D eigenvalue weighted by Gasteiger charge is -2.37. The number of amides is 1. The van der Waals surface area contributed by atoms with E-state index in [9.17, 15) is 9.90 Å². The SMILES string of the molecule is CC(C)(O)[C@@H](C1CC1)N1Cc2cccc(-c3ccc(-n4nccn4)cc3)c2C1=O. The average Bonchev–Trinajstić information content (AvgIpc) is 3.24. The Morgan fingerprint density at radius 1 is 1.07 bits per heavy atom. The topological polar surface area (TPSA) is 71.2 Å². The number of nitrogens with zero attached hydrogens (tertiary/aromatic N) is 4. The predicted molar refractivity (Wildman–Crippen MR) is 109 cm³/mol. The molecular formula is C23H24N4O2. The van der Waals surface area contributed by atoms with Gasteiger partial charge in [0, 0.05) is 6.54 Å². The summed E-state index contributed by atoms with van der Waals surface area (Å²) in [7, 11) is 0. The van der Waals surface area contributed by atoms with Crippen molar-refractivity contribution < 1.29 is 9.90 Å². The summed E-state index contributed by atoms with van der Waals surface area (Å²) in [6, 6.07) is 13.8. The molecule has 0 spiro atoms. The average molecular weight is 388 g/mol. The number of aromatic nitrogens is 3. The smallest absolute Gasteiger partial charge is 0.255 e. The lowest BCUT2D eigenvalue weighted by molar-refractivity contribution is -0.0224. The minimum atomic E-state index is -0.919. The van der Waals surface area contributed by atoms with Crippen LogP contribution in [0.25, 0.3) is 16.8 Å². The Morgan fingerprint density at radius 2 is 1.76 bits per heavy atom. The van der Waals surface area contributed by atoms with Crippen LogP contribution in [0.4, 0.5) is 0 Å². The third kappa shape index (κ3) is 3.13. The summed E-state index contributed by atoms with van der Waals surface area (Å²) >= 11 is 0. The van der Waals surface area contributed by atoms with E-state index in [0.29, 0.717) is 12.5 Å². The number of fused-ring (bicyclic) bond motifs is 1. The lowest BCUT2D eigenvalue weighted by atomic mass is 9.92. The first-order chi connectivity index (χ1) is 13.9. The van der Waals surface area contributed by atoms with Gasteiger partial charge >= 0.3 is 0 Å². The summed E-state index contributed by atoms with van der Waals surface area (Å²) in [6.45, 7) is 4.19. The van der Waals surface area contributed by atoms with Gasteiger partial charge in [-0.05, 0) is 61.4 Å². The first kappa shape index (κ1) is 18.1. The van der Waals surface area contributed by atoms with Crippen molar-refractivity contribution in [1.29, 1.82) is 0 Å². The number of carbonyl (C=O) groups is 1. The molecule has 0 bridgehead atoms. The second kappa shape index (κ2) is 6.52. The van der Waals surface area contributed by atoms with Gasteiger partial charge in [-0.25, -0.2) is 0 Å². The maximum absolute atomic E-state index is 13.5. The molecule has 1 N–H and O–H groups in total. The van der Waals surface area contributed by atoms with Crippen LogP contribution in [0.1, 0.15) is 42.6 Å². The Kier molecular flexibility index (Phi) is 4.06. The van der Waals surface area contributed by atoms with Gasteiger partial charge in [0.1, 0.15) is 0 Å². The molecule has 0 saturated heterocycles. The Balaban J connectivity index is 1.50. The maximum Gasteiger partial charge on any atom is 0.255 e. The first-order valence-corrected chi connectivity index (χ1v) is 10.1. The van der Waals surface area contributed by atoms with Crippen LogP contribution in [0.2, 0.25) is 0 Å². The quantitative estimate of drug-likeness (QED) is 0.727. The molecule has 1 aliphatic heterocycles. The zero-order valence-electron chi connectivity index (χ0n) is 16.6. The summed E-state index contributed by atoms with van der Waals surface area (Å²) in [5.74, 6) is 0.407. The summed E-state index contributed by atoms with van der Waals surface area (Å²) < 4.78 is 0. The lowest BCUT2D eigenvalue weighted by Crippen LogP contribution is -2.51. The van der Waals surface area contributed by atoms with Crippen LogP contribution in [-0.2, 0) is 6.54 Å². The highest BCUT2D eigenvalue weighted by atomic mass is 16.3. The van der Waals surface area contributed by atoms with E-state index < -0.39 is 5.60 Å². The highest BCUT2D eigenvalue weighted by Gasteiger charge is 2.48. The molecule has 1 amide bonds. The summed E-state index contributed by atoms with van der Waals surface area (Å²) in [4.78, 5) is 16.9. The molecule has 5 rings (SSSR count). The van der Waals surface area contributed by atoms with E-state index >= 15 is 0 Å². The summed E-state index contributed by atoms with van der Waals surface area (Å²) in [5, 5.41) is 19.1. The Labute approximate surface area is 169 Å². The molecule has 0 unspecified atom stereocenters. The predicted octanol–water partition coefficient (Wildman–Crippen LogP) is 3.44. The van der Waals surface area contributed by atoms with Gasteiger partial charge in [-0.1, -0.05) is 30.3 Å².